The zero-order chi connectivity index (χ0) is 21.3. The van der Waals surface area contributed by atoms with Crippen molar-refractivity contribution < 1.29 is 23.2 Å². The Balaban J connectivity index is 1.44. The molecule has 0 aromatic heterocycles. The van der Waals surface area contributed by atoms with Crippen LogP contribution in [0, 0.1) is 11.6 Å². The number of nitrogens with zero attached hydrogens (tertiary/aromatic N) is 3. The van der Waals surface area contributed by atoms with Crippen molar-refractivity contribution in [3.05, 3.63) is 77.5 Å². The average molecular weight is 408 g/mol. The van der Waals surface area contributed by atoms with Gasteiger partial charge in [0, 0.05) is 18.3 Å². The average Bonchev–Trinajstić information content (AvgIpc) is 3.15. The van der Waals surface area contributed by atoms with Crippen LogP contribution in [-0.2, 0) is 16.1 Å². The number of aliphatic imine (C=N–C) groups is 2. The first-order valence-electron chi connectivity index (χ1n) is 8.92. The molecule has 0 bridgehead atoms. The molecule has 9 heteroatoms. The molecule has 0 aliphatic carbocycles. The monoisotopic (exact) mass is 408 g/mol. The van der Waals surface area contributed by atoms with Gasteiger partial charge in [0.1, 0.15) is 23.9 Å². The second-order valence-electron chi connectivity index (χ2n) is 6.56. The van der Waals surface area contributed by atoms with Gasteiger partial charge < -0.3 is 5.32 Å². The number of hydrogen-bond donors (Lipinski definition) is 1. The standard InChI is InChI=1S/C21H14F2N4O3/c22-14-5-1-12(2-6-14)9-24-17(28)11-27-20(29)19-18(26-21(27)30)16(10-25-19)13-3-7-15(23)8-4-13/h1-8,10H,9,11H2,(H,24,28). The lowest BCUT2D eigenvalue weighted by Gasteiger charge is -2.23. The van der Waals surface area contributed by atoms with Crippen LogP contribution in [0.2, 0.25) is 0 Å². The van der Waals surface area contributed by atoms with Gasteiger partial charge in [-0.3, -0.25) is 9.59 Å². The van der Waals surface area contributed by atoms with Gasteiger partial charge in [0.15, 0.2) is 5.71 Å². The van der Waals surface area contributed by atoms with Crippen molar-refractivity contribution in [3.8, 4) is 0 Å². The Kier molecular flexibility index (Phi) is 5.01. The minimum absolute atomic E-state index is 0.0553. The molecule has 0 saturated heterocycles. The summed E-state index contributed by atoms with van der Waals surface area (Å²) in [5.41, 5.74) is 1.68. The van der Waals surface area contributed by atoms with Crippen LogP contribution < -0.4 is 5.32 Å². The van der Waals surface area contributed by atoms with E-state index in [1.54, 1.807) is 0 Å². The topological polar surface area (TPSA) is 91.2 Å². The Morgan fingerprint density at radius 1 is 0.933 bits per heavy atom. The molecule has 150 valence electrons. The Morgan fingerprint density at radius 2 is 1.57 bits per heavy atom. The molecule has 0 saturated carbocycles. The summed E-state index contributed by atoms with van der Waals surface area (Å²) in [4.78, 5) is 45.9. The van der Waals surface area contributed by atoms with E-state index in [1.807, 2.05) is 0 Å². The van der Waals surface area contributed by atoms with Crippen LogP contribution in [0.5, 0.6) is 0 Å². The van der Waals surface area contributed by atoms with Gasteiger partial charge in [0.2, 0.25) is 5.91 Å². The van der Waals surface area contributed by atoms with Gasteiger partial charge in [0.25, 0.3) is 5.91 Å². The number of carbonyl (C=O) groups excluding carboxylic acids is 3. The molecule has 2 aromatic carbocycles. The predicted octanol–water partition coefficient (Wildman–Crippen LogP) is 2.48. The van der Waals surface area contributed by atoms with Crippen molar-refractivity contribution in [2.24, 2.45) is 9.98 Å². The summed E-state index contributed by atoms with van der Waals surface area (Å²) in [6, 6.07) is 10.1. The zero-order valence-electron chi connectivity index (χ0n) is 15.4. The molecule has 0 atom stereocenters. The highest BCUT2D eigenvalue weighted by molar-refractivity contribution is 6.78. The van der Waals surface area contributed by atoms with Crippen molar-refractivity contribution in [3.63, 3.8) is 0 Å². The van der Waals surface area contributed by atoms with E-state index in [0.717, 1.165) is 0 Å². The van der Waals surface area contributed by atoms with Gasteiger partial charge in [-0.25, -0.2) is 23.5 Å². The summed E-state index contributed by atoms with van der Waals surface area (Å²) in [5.74, 6) is -2.14. The van der Waals surface area contributed by atoms with Gasteiger partial charge >= 0.3 is 6.03 Å². The number of fused-ring (bicyclic) bond motifs is 1. The van der Waals surface area contributed by atoms with Crippen LogP contribution >= 0.6 is 0 Å². The minimum atomic E-state index is -0.888. The molecule has 2 aromatic rings. The van der Waals surface area contributed by atoms with Crippen molar-refractivity contribution in [1.29, 1.82) is 0 Å². The maximum atomic E-state index is 13.1. The first kappa shape index (κ1) is 19.3. The van der Waals surface area contributed by atoms with Gasteiger partial charge in [-0.15, -0.1) is 0 Å². The number of carbonyl (C=O) groups is 3. The highest BCUT2D eigenvalue weighted by Gasteiger charge is 2.38. The molecule has 2 heterocycles. The number of imide groups is 1. The van der Waals surface area contributed by atoms with E-state index in [4.69, 9.17) is 0 Å². The number of amides is 4. The molecule has 2 aliphatic heterocycles. The van der Waals surface area contributed by atoms with Gasteiger partial charge in [-0.1, -0.05) is 24.3 Å². The molecule has 0 fully saturated rings. The minimum Gasteiger partial charge on any atom is -0.350 e. The SMILES string of the molecule is O=C(CN1C(=O)N=C2C(c3ccc(F)cc3)=CN=C2C1=O)NCc1ccc(F)cc1. The van der Waals surface area contributed by atoms with Crippen LogP contribution in [0.1, 0.15) is 11.1 Å². The maximum absolute atomic E-state index is 13.1. The van der Waals surface area contributed by atoms with E-state index in [-0.39, 0.29) is 18.0 Å². The number of benzene rings is 2. The third-order valence-electron chi connectivity index (χ3n) is 4.55. The van der Waals surface area contributed by atoms with Crippen LogP contribution in [-0.4, -0.2) is 40.7 Å². The molecule has 4 rings (SSSR count). The van der Waals surface area contributed by atoms with E-state index in [9.17, 15) is 23.2 Å². The molecule has 2 aliphatic rings. The van der Waals surface area contributed by atoms with Crippen molar-refractivity contribution in [2.45, 2.75) is 6.54 Å². The summed E-state index contributed by atoms with van der Waals surface area (Å²) >= 11 is 0. The smallest absolute Gasteiger partial charge is 0.350 e. The molecular weight excluding hydrogens is 394 g/mol. The van der Waals surface area contributed by atoms with E-state index in [1.165, 1.54) is 54.7 Å². The highest BCUT2D eigenvalue weighted by Crippen LogP contribution is 2.25. The number of nitrogens with one attached hydrogen (secondary N) is 1. The fourth-order valence-corrected chi connectivity index (χ4v) is 3.00. The molecule has 0 unspecified atom stereocenters. The quantitative estimate of drug-likeness (QED) is 0.824. The van der Waals surface area contributed by atoms with Crippen molar-refractivity contribution in [2.75, 3.05) is 6.54 Å². The van der Waals surface area contributed by atoms with Crippen LogP contribution in [0.3, 0.4) is 0 Å². The third kappa shape index (κ3) is 3.77. The number of urea groups is 1. The maximum Gasteiger partial charge on any atom is 0.351 e. The van der Waals surface area contributed by atoms with Gasteiger partial charge in [-0.05, 0) is 35.4 Å². The van der Waals surface area contributed by atoms with Crippen LogP contribution in [0.25, 0.3) is 5.57 Å². The molecule has 30 heavy (non-hydrogen) atoms. The second-order valence-corrected chi connectivity index (χ2v) is 6.56. The number of allylic oxidation sites excluding steroid dienone is 1. The van der Waals surface area contributed by atoms with E-state index < -0.39 is 36.0 Å². The van der Waals surface area contributed by atoms with Gasteiger partial charge in [0.05, 0.1) is 0 Å². The van der Waals surface area contributed by atoms with Crippen molar-refractivity contribution in [1.82, 2.24) is 10.2 Å². The van der Waals surface area contributed by atoms with Crippen LogP contribution in [0.15, 0.2) is 64.7 Å². The number of hydrogen-bond acceptors (Lipinski definition) is 4. The molecule has 0 radical (unpaired) electrons. The van der Waals surface area contributed by atoms with E-state index in [0.29, 0.717) is 21.6 Å². The fourth-order valence-electron chi connectivity index (χ4n) is 3.00. The van der Waals surface area contributed by atoms with E-state index in [2.05, 4.69) is 15.3 Å². The Morgan fingerprint density at radius 3 is 2.23 bits per heavy atom. The Labute approximate surface area is 169 Å². The Bertz CT molecular complexity index is 1140. The lowest BCUT2D eigenvalue weighted by Crippen LogP contribution is -2.50. The lowest BCUT2D eigenvalue weighted by molar-refractivity contribution is -0.128. The molecule has 0 spiro atoms. The lowest BCUT2D eigenvalue weighted by atomic mass is 9.99. The Hall–Kier alpha value is -4.01. The summed E-state index contributed by atoms with van der Waals surface area (Å²) in [5, 5.41) is 2.56. The third-order valence-corrected chi connectivity index (χ3v) is 4.55. The highest BCUT2D eigenvalue weighted by atomic mass is 19.1. The molecular formula is C21H14F2N4O3. The van der Waals surface area contributed by atoms with Gasteiger partial charge in [-0.2, -0.15) is 4.99 Å². The summed E-state index contributed by atoms with van der Waals surface area (Å²) < 4.78 is 26.1. The number of halogens is 2. The summed E-state index contributed by atoms with van der Waals surface area (Å²) in [6.45, 7) is -0.415. The normalized spacial score (nSPS) is 15.4. The van der Waals surface area contributed by atoms with Crippen LogP contribution in [0.4, 0.5) is 13.6 Å². The largest absolute Gasteiger partial charge is 0.351 e. The first-order valence-corrected chi connectivity index (χ1v) is 8.92. The first-order chi connectivity index (χ1) is 14.4. The van der Waals surface area contributed by atoms with Crippen molar-refractivity contribution >= 4 is 34.8 Å². The predicted molar refractivity (Wildman–Crippen MR) is 105 cm³/mol. The second kappa shape index (κ2) is 7.78. The van der Waals surface area contributed by atoms with E-state index >= 15 is 0 Å². The molecule has 4 amide bonds. The molecule has 7 nitrogen and oxygen atoms in total. The number of rotatable bonds is 5. The summed E-state index contributed by atoms with van der Waals surface area (Å²) in [6.07, 6.45) is 1.38. The molecule has 1 N–H and O–H groups in total. The zero-order valence-corrected chi connectivity index (χ0v) is 15.4. The summed E-state index contributed by atoms with van der Waals surface area (Å²) in [7, 11) is 0. The fraction of sp³-hybridized carbons (Fsp3) is 0.0952.